The van der Waals surface area contributed by atoms with Crippen molar-refractivity contribution >= 4 is 0 Å². The Labute approximate surface area is 105 Å². The summed E-state index contributed by atoms with van der Waals surface area (Å²) < 4.78 is 0. The Morgan fingerprint density at radius 2 is 2.12 bits per heavy atom. The number of hydrogen-bond acceptors (Lipinski definition) is 2. The Hall–Kier alpha value is -0.860. The van der Waals surface area contributed by atoms with Crippen molar-refractivity contribution in [1.29, 1.82) is 0 Å². The summed E-state index contributed by atoms with van der Waals surface area (Å²) >= 11 is 0. The van der Waals surface area contributed by atoms with E-state index in [4.69, 9.17) is 0 Å². The van der Waals surface area contributed by atoms with Crippen LogP contribution in [-0.2, 0) is 0 Å². The van der Waals surface area contributed by atoms with E-state index in [0.29, 0.717) is 6.04 Å². The van der Waals surface area contributed by atoms with Crippen LogP contribution in [0.2, 0.25) is 0 Å². The maximum Gasteiger partial charge on any atom is 0.0189 e. The Kier molecular flexibility index (Phi) is 4.57. The standard InChI is InChI=1S/C15H24N2/c1-3-15(16-2)12-17-10-9-14(11-17)13-7-5-4-6-8-13/h4-8,14-16H,3,9-12H2,1-2H3. The molecule has 1 heterocycles. The zero-order chi connectivity index (χ0) is 12.1. The van der Waals surface area contributed by atoms with Crippen molar-refractivity contribution in [3.05, 3.63) is 35.9 Å². The van der Waals surface area contributed by atoms with Gasteiger partial charge in [0, 0.05) is 19.1 Å². The summed E-state index contributed by atoms with van der Waals surface area (Å²) in [6.45, 7) is 5.92. The summed E-state index contributed by atoms with van der Waals surface area (Å²) in [5.41, 5.74) is 1.51. The molecule has 2 atom stereocenters. The smallest absolute Gasteiger partial charge is 0.0189 e. The van der Waals surface area contributed by atoms with Crippen molar-refractivity contribution in [1.82, 2.24) is 10.2 Å². The lowest BCUT2D eigenvalue weighted by Gasteiger charge is -2.22. The minimum Gasteiger partial charge on any atom is -0.316 e. The molecule has 2 unspecified atom stereocenters. The van der Waals surface area contributed by atoms with Gasteiger partial charge in [-0.3, -0.25) is 0 Å². The minimum absolute atomic E-state index is 0.643. The molecule has 1 aliphatic heterocycles. The molecule has 2 nitrogen and oxygen atoms in total. The highest BCUT2D eigenvalue weighted by molar-refractivity contribution is 5.21. The van der Waals surface area contributed by atoms with Gasteiger partial charge in [0.1, 0.15) is 0 Å². The fourth-order valence-corrected chi connectivity index (χ4v) is 2.73. The minimum atomic E-state index is 0.643. The summed E-state index contributed by atoms with van der Waals surface area (Å²) in [5, 5.41) is 3.39. The third kappa shape index (κ3) is 3.30. The molecule has 1 aromatic carbocycles. The molecule has 0 spiro atoms. The van der Waals surface area contributed by atoms with E-state index in [2.05, 4.69) is 54.5 Å². The zero-order valence-electron chi connectivity index (χ0n) is 11.0. The molecule has 1 N–H and O–H groups in total. The van der Waals surface area contributed by atoms with Gasteiger partial charge in [-0.15, -0.1) is 0 Å². The van der Waals surface area contributed by atoms with Gasteiger partial charge in [0.05, 0.1) is 0 Å². The van der Waals surface area contributed by atoms with Crippen LogP contribution < -0.4 is 5.32 Å². The lowest BCUT2D eigenvalue weighted by Crippen LogP contribution is -2.37. The molecule has 94 valence electrons. The van der Waals surface area contributed by atoms with Crippen LogP contribution in [0.1, 0.15) is 31.2 Å². The van der Waals surface area contributed by atoms with E-state index in [0.717, 1.165) is 5.92 Å². The van der Waals surface area contributed by atoms with E-state index in [9.17, 15) is 0 Å². The molecule has 2 heteroatoms. The van der Waals surface area contributed by atoms with Crippen LogP contribution in [0, 0.1) is 0 Å². The first-order valence-corrected chi connectivity index (χ1v) is 6.78. The summed E-state index contributed by atoms with van der Waals surface area (Å²) in [4.78, 5) is 2.60. The maximum atomic E-state index is 3.39. The second-order valence-corrected chi connectivity index (χ2v) is 5.05. The van der Waals surface area contributed by atoms with Crippen LogP contribution >= 0.6 is 0 Å². The molecule has 0 saturated carbocycles. The summed E-state index contributed by atoms with van der Waals surface area (Å²) in [5.74, 6) is 0.741. The molecule has 1 saturated heterocycles. The lowest BCUT2D eigenvalue weighted by atomic mass is 9.99. The Morgan fingerprint density at radius 1 is 1.35 bits per heavy atom. The van der Waals surface area contributed by atoms with Gasteiger partial charge in [0.2, 0.25) is 0 Å². The van der Waals surface area contributed by atoms with Crippen LogP contribution in [0.3, 0.4) is 0 Å². The van der Waals surface area contributed by atoms with Crippen molar-refractivity contribution in [3.63, 3.8) is 0 Å². The largest absolute Gasteiger partial charge is 0.316 e. The molecule has 2 rings (SSSR count). The molecule has 0 radical (unpaired) electrons. The molecule has 0 aliphatic carbocycles. The molecular formula is C15H24N2. The van der Waals surface area contributed by atoms with Gasteiger partial charge < -0.3 is 10.2 Å². The highest BCUT2D eigenvalue weighted by Crippen LogP contribution is 2.26. The van der Waals surface area contributed by atoms with Gasteiger partial charge in [-0.05, 0) is 37.9 Å². The van der Waals surface area contributed by atoms with E-state index in [1.807, 2.05) is 0 Å². The van der Waals surface area contributed by atoms with Crippen LogP contribution in [0.4, 0.5) is 0 Å². The van der Waals surface area contributed by atoms with Gasteiger partial charge in [-0.25, -0.2) is 0 Å². The quantitative estimate of drug-likeness (QED) is 0.839. The molecule has 0 bridgehead atoms. The SMILES string of the molecule is CCC(CN1CCC(c2ccccc2)C1)NC. The topological polar surface area (TPSA) is 15.3 Å². The van der Waals surface area contributed by atoms with Crippen molar-refractivity contribution in [3.8, 4) is 0 Å². The number of rotatable bonds is 5. The van der Waals surface area contributed by atoms with Gasteiger partial charge in [0.25, 0.3) is 0 Å². The van der Waals surface area contributed by atoms with Crippen LogP contribution in [-0.4, -0.2) is 37.6 Å². The van der Waals surface area contributed by atoms with Crippen molar-refractivity contribution < 1.29 is 0 Å². The first-order chi connectivity index (χ1) is 8.33. The van der Waals surface area contributed by atoms with E-state index in [1.54, 1.807) is 0 Å². The molecule has 1 aromatic rings. The predicted molar refractivity (Wildman–Crippen MR) is 73.4 cm³/mol. The van der Waals surface area contributed by atoms with Gasteiger partial charge in [-0.2, -0.15) is 0 Å². The third-order valence-corrected chi connectivity index (χ3v) is 3.92. The number of likely N-dealkylation sites (tertiary alicyclic amines) is 1. The fourth-order valence-electron chi connectivity index (χ4n) is 2.73. The highest BCUT2D eigenvalue weighted by atomic mass is 15.2. The van der Waals surface area contributed by atoms with Crippen molar-refractivity contribution in [2.75, 3.05) is 26.7 Å². The normalized spacial score (nSPS) is 22.8. The monoisotopic (exact) mass is 232 g/mol. The van der Waals surface area contributed by atoms with Gasteiger partial charge in [-0.1, -0.05) is 37.3 Å². The van der Waals surface area contributed by atoms with Gasteiger partial charge >= 0.3 is 0 Å². The number of nitrogens with zero attached hydrogens (tertiary/aromatic N) is 1. The summed E-state index contributed by atoms with van der Waals surface area (Å²) in [6, 6.07) is 11.6. The van der Waals surface area contributed by atoms with E-state index in [-0.39, 0.29) is 0 Å². The summed E-state index contributed by atoms with van der Waals surface area (Å²) in [7, 11) is 2.07. The Bertz CT molecular complexity index is 319. The van der Waals surface area contributed by atoms with Crippen LogP contribution in [0.25, 0.3) is 0 Å². The second-order valence-electron chi connectivity index (χ2n) is 5.05. The first kappa shape index (κ1) is 12.6. The van der Waals surface area contributed by atoms with E-state index in [1.165, 1.54) is 38.0 Å². The lowest BCUT2D eigenvalue weighted by molar-refractivity contribution is 0.290. The Morgan fingerprint density at radius 3 is 2.76 bits per heavy atom. The molecule has 0 amide bonds. The highest BCUT2D eigenvalue weighted by Gasteiger charge is 2.24. The van der Waals surface area contributed by atoms with E-state index >= 15 is 0 Å². The number of hydrogen-bond donors (Lipinski definition) is 1. The molecule has 1 fully saturated rings. The molecular weight excluding hydrogens is 208 g/mol. The van der Waals surface area contributed by atoms with Crippen molar-refractivity contribution in [2.24, 2.45) is 0 Å². The van der Waals surface area contributed by atoms with Crippen LogP contribution in [0.5, 0.6) is 0 Å². The maximum absolute atomic E-state index is 3.39. The average molecular weight is 232 g/mol. The zero-order valence-corrected chi connectivity index (χ0v) is 11.0. The van der Waals surface area contributed by atoms with Gasteiger partial charge in [0.15, 0.2) is 0 Å². The third-order valence-electron chi connectivity index (χ3n) is 3.92. The molecule has 1 aliphatic rings. The second kappa shape index (κ2) is 6.18. The summed E-state index contributed by atoms with van der Waals surface area (Å²) in [6.07, 6.45) is 2.52. The number of nitrogens with one attached hydrogen (secondary N) is 1. The van der Waals surface area contributed by atoms with E-state index < -0.39 is 0 Å². The molecule has 17 heavy (non-hydrogen) atoms. The predicted octanol–water partition coefficient (Wildman–Crippen LogP) is 2.47. The number of benzene rings is 1. The molecule has 0 aromatic heterocycles. The first-order valence-electron chi connectivity index (χ1n) is 6.78. The fraction of sp³-hybridized carbons (Fsp3) is 0.600. The average Bonchev–Trinajstić information content (AvgIpc) is 2.85. The van der Waals surface area contributed by atoms with Crippen LogP contribution in [0.15, 0.2) is 30.3 Å². The van der Waals surface area contributed by atoms with Crippen molar-refractivity contribution in [2.45, 2.75) is 31.7 Å². The number of likely N-dealkylation sites (N-methyl/N-ethyl adjacent to an activating group) is 1. The Balaban J connectivity index is 1.87.